The molecule has 0 unspecified atom stereocenters. The summed E-state index contributed by atoms with van der Waals surface area (Å²) in [6, 6.07) is 8.40. The van der Waals surface area contributed by atoms with E-state index in [2.05, 4.69) is 4.74 Å². The van der Waals surface area contributed by atoms with Gasteiger partial charge in [-0.3, -0.25) is 4.79 Å². The Morgan fingerprint density at radius 1 is 1.20 bits per heavy atom. The van der Waals surface area contributed by atoms with Crippen molar-refractivity contribution in [3.05, 3.63) is 42.0 Å². The van der Waals surface area contributed by atoms with Gasteiger partial charge in [-0.1, -0.05) is 24.3 Å². The monoisotopic (exact) mass is 275 g/mol. The molecule has 0 fully saturated rings. The maximum atomic E-state index is 12.0. The number of amides is 2. The summed E-state index contributed by atoms with van der Waals surface area (Å²) < 4.78 is 9.57. The summed E-state index contributed by atoms with van der Waals surface area (Å²) in [6.45, 7) is 0.172. The van der Waals surface area contributed by atoms with Crippen LogP contribution in [0.3, 0.4) is 0 Å². The Balaban J connectivity index is 2.10. The van der Waals surface area contributed by atoms with E-state index in [1.807, 2.05) is 0 Å². The van der Waals surface area contributed by atoms with E-state index in [0.717, 1.165) is 4.90 Å². The lowest BCUT2D eigenvalue weighted by Crippen LogP contribution is -2.43. The lowest BCUT2D eigenvalue weighted by Gasteiger charge is -2.23. The van der Waals surface area contributed by atoms with Gasteiger partial charge in [-0.05, 0) is 18.6 Å². The lowest BCUT2D eigenvalue weighted by atomic mass is 10.1. The highest BCUT2D eigenvalue weighted by atomic mass is 16.6. The van der Waals surface area contributed by atoms with Crippen LogP contribution in [0.4, 0.5) is 4.79 Å². The molecule has 0 aromatic heterocycles. The largest absolute Gasteiger partial charge is 0.465 e. The summed E-state index contributed by atoms with van der Waals surface area (Å²) >= 11 is 0. The number of esters is 1. The summed E-state index contributed by atoms with van der Waals surface area (Å²) in [4.78, 5) is 36.3. The van der Waals surface area contributed by atoms with Crippen LogP contribution in [0.2, 0.25) is 0 Å². The van der Waals surface area contributed by atoms with E-state index in [1.165, 1.54) is 13.2 Å². The summed E-state index contributed by atoms with van der Waals surface area (Å²) in [5, 5.41) is 0. The fourth-order valence-electron chi connectivity index (χ4n) is 1.77. The van der Waals surface area contributed by atoms with E-state index in [9.17, 15) is 14.4 Å². The molecule has 0 N–H and O–H groups in total. The van der Waals surface area contributed by atoms with Gasteiger partial charge >= 0.3 is 12.1 Å². The second kappa shape index (κ2) is 6.01. The van der Waals surface area contributed by atoms with Crippen LogP contribution >= 0.6 is 0 Å². The number of hydrogen-bond acceptors (Lipinski definition) is 5. The molecular formula is C14H13NO5. The average molecular weight is 275 g/mol. The van der Waals surface area contributed by atoms with Gasteiger partial charge in [-0.2, -0.15) is 0 Å². The molecular weight excluding hydrogens is 262 g/mol. The predicted molar refractivity (Wildman–Crippen MR) is 68.9 cm³/mol. The first-order chi connectivity index (χ1) is 9.63. The molecule has 6 nitrogen and oxygen atoms in total. The Bertz CT molecular complexity index is 564. The van der Waals surface area contributed by atoms with Crippen molar-refractivity contribution < 1.29 is 23.9 Å². The number of imide groups is 1. The molecule has 1 aromatic rings. The molecule has 0 saturated carbocycles. The minimum Gasteiger partial charge on any atom is -0.465 e. The normalized spacial score (nSPS) is 14.6. The Labute approximate surface area is 115 Å². The maximum absolute atomic E-state index is 12.0. The van der Waals surface area contributed by atoms with Crippen LogP contribution in [-0.4, -0.2) is 36.5 Å². The molecule has 0 atom stereocenters. The van der Waals surface area contributed by atoms with Crippen LogP contribution in [0.25, 0.3) is 0 Å². The van der Waals surface area contributed by atoms with Crippen LogP contribution in [-0.2, 0) is 14.3 Å². The van der Waals surface area contributed by atoms with Gasteiger partial charge in [0.25, 0.3) is 5.91 Å². The molecule has 1 aliphatic rings. The first-order valence-electron chi connectivity index (χ1n) is 6.00. The molecule has 0 aliphatic carbocycles. The van der Waals surface area contributed by atoms with E-state index in [-0.39, 0.29) is 12.1 Å². The van der Waals surface area contributed by atoms with Crippen molar-refractivity contribution >= 4 is 18.0 Å². The number of carbonyl (C=O) groups is 3. The van der Waals surface area contributed by atoms with E-state index in [0.29, 0.717) is 12.2 Å². The van der Waals surface area contributed by atoms with E-state index >= 15 is 0 Å². The molecule has 0 radical (unpaired) electrons. The van der Waals surface area contributed by atoms with Gasteiger partial charge in [0.1, 0.15) is 11.3 Å². The topological polar surface area (TPSA) is 72.9 Å². The van der Waals surface area contributed by atoms with E-state index < -0.39 is 18.0 Å². The zero-order chi connectivity index (χ0) is 14.5. The lowest BCUT2D eigenvalue weighted by molar-refractivity contribution is -0.139. The van der Waals surface area contributed by atoms with Crippen molar-refractivity contribution in [1.82, 2.24) is 4.90 Å². The molecule has 1 heterocycles. The number of para-hydroxylation sites is 1. The van der Waals surface area contributed by atoms with Gasteiger partial charge in [-0.25, -0.2) is 14.5 Å². The Kier molecular flexibility index (Phi) is 4.14. The molecule has 0 saturated heterocycles. The second-order valence-electron chi connectivity index (χ2n) is 4.04. The Morgan fingerprint density at radius 2 is 1.90 bits per heavy atom. The number of hydrogen-bond donors (Lipinski definition) is 0. The van der Waals surface area contributed by atoms with Gasteiger partial charge in [0, 0.05) is 6.54 Å². The highest BCUT2D eigenvalue weighted by Crippen LogP contribution is 2.16. The SMILES string of the molecule is COC(=O)C1=CCCN(C(=O)Oc2ccccc2)C1=O. The zero-order valence-electron chi connectivity index (χ0n) is 10.9. The van der Waals surface area contributed by atoms with Crippen molar-refractivity contribution in [3.63, 3.8) is 0 Å². The minimum absolute atomic E-state index is 0.149. The van der Waals surface area contributed by atoms with E-state index in [1.54, 1.807) is 30.3 Å². The third-order valence-corrected chi connectivity index (χ3v) is 2.75. The fraction of sp³-hybridized carbons (Fsp3) is 0.214. The molecule has 20 heavy (non-hydrogen) atoms. The smallest absolute Gasteiger partial charge is 0.422 e. The summed E-state index contributed by atoms with van der Waals surface area (Å²) in [5.41, 5.74) is -0.149. The molecule has 104 valence electrons. The van der Waals surface area contributed by atoms with Crippen LogP contribution in [0.15, 0.2) is 42.0 Å². The van der Waals surface area contributed by atoms with Gasteiger partial charge in [0.2, 0.25) is 0 Å². The van der Waals surface area contributed by atoms with Gasteiger partial charge in [-0.15, -0.1) is 0 Å². The van der Waals surface area contributed by atoms with E-state index in [4.69, 9.17) is 4.74 Å². The molecule has 2 amide bonds. The number of ether oxygens (including phenoxy) is 2. The summed E-state index contributed by atoms with van der Waals surface area (Å²) in [7, 11) is 1.18. The molecule has 2 rings (SSSR count). The number of methoxy groups -OCH3 is 1. The number of rotatable bonds is 2. The standard InChI is InChI=1S/C14H13NO5/c1-19-13(17)11-8-5-9-15(12(11)16)14(18)20-10-6-3-2-4-7-10/h2-4,6-8H,5,9H2,1H3. The average Bonchev–Trinajstić information content (AvgIpc) is 2.47. The second-order valence-corrected chi connectivity index (χ2v) is 4.04. The quantitative estimate of drug-likeness (QED) is 0.604. The van der Waals surface area contributed by atoms with Gasteiger partial charge < -0.3 is 9.47 Å². The fourth-order valence-corrected chi connectivity index (χ4v) is 1.77. The first kappa shape index (κ1) is 13.8. The molecule has 1 aliphatic heterocycles. The van der Waals surface area contributed by atoms with Crippen molar-refractivity contribution in [3.8, 4) is 5.75 Å². The van der Waals surface area contributed by atoms with Crippen molar-refractivity contribution in [2.24, 2.45) is 0 Å². The first-order valence-corrected chi connectivity index (χ1v) is 6.00. The van der Waals surface area contributed by atoms with Crippen LogP contribution < -0.4 is 4.74 Å². The molecule has 1 aromatic carbocycles. The van der Waals surface area contributed by atoms with Gasteiger partial charge in [0.05, 0.1) is 7.11 Å². The predicted octanol–water partition coefficient (Wildman–Crippen LogP) is 1.52. The number of nitrogens with zero attached hydrogens (tertiary/aromatic N) is 1. The maximum Gasteiger partial charge on any atom is 0.422 e. The third-order valence-electron chi connectivity index (χ3n) is 2.75. The summed E-state index contributed by atoms with van der Waals surface area (Å²) in [5.74, 6) is -1.13. The van der Waals surface area contributed by atoms with Crippen molar-refractivity contribution in [2.45, 2.75) is 6.42 Å². The Hall–Kier alpha value is -2.63. The van der Waals surface area contributed by atoms with Gasteiger partial charge in [0.15, 0.2) is 0 Å². The van der Waals surface area contributed by atoms with Crippen LogP contribution in [0, 0.1) is 0 Å². The zero-order valence-corrected chi connectivity index (χ0v) is 10.9. The van der Waals surface area contributed by atoms with Crippen molar-refractivity contribution in [1.29, 1.82) is 0 Å². The number of carbonyl (C=O) groups excluding carboxylic acids is 3. The van der Waals surface area contributed by atoms with Crippen molar-refractivity contribution in [2.75, 3.05) is 13.7 Å². The number of benzene rings is 1. The Morgan fingerprint density at radius 3 is 2.55 bits per heavy atom. The summed E-state index contributed by atoms with van der Waals surface area (Å²) in [6.07, 6.45) is 1.04. The minimum atomic E-state index is -0.810. The van der Waals surface area contributed by atoms with Crippen LogP contribution in [0.1, 0.15) is 6.42 Å². The third kappa shape index (κ3) is 2.85. The molecule has 0 spiro atoms. The van der Waals surface area contributed by atoms with Crippen LogP contribution in [0.5, 0.6) is 5.75 Å². The molecule has 0 bridgehead atoms. The molecule has 6 heteroatoms. The highest BCUT2D eigenvalue weighted by Gasteiger charge is 2.32. The highest BCUT2D eigenvalue weighted by molar-refractivity contribution is 6.19.